The third-order valence-corrected chi connectivity index (χ3v) is 5.47. The van der Waals surface area contributed by atoms with Crippen LogP contribution in [0.4, 0.5) is 0 Å². The van der Waals surface area contributed by atoms with Crippen molar-refractivity contribution in [2.45, 2.75) is 70.1 Å². The topological polar surface area (TPSA) is 45.7 Å². The van der Waals surface area contributed by atoms with Gasteiger partial charge < -0.3 is 15.4 Å². The number of halogens is 1. The molecule has 3 aliphatic rings. The van der Waals surface area contributed by atoms with Crippen LogP contribution in [0.15, 0.2) is 4.99 Å². The summed E-state index contributed by atoms with van der Waals surface area (Å²) in [5, 5.41) is 7.10. The molecule has 0 spiro atoms. The predicted octanol–water partition coefficient (Wildman–Crippen LogP) is 2.92. The minimum atomic E-state index is 0. The molecule has 0 aromatic heterocycles. The number of fused-ring (bicyclic) bond motifs is 2. The summed E-state index contributed by atoms with van der Waals surface area (Å²) in [6, 6.07) is 0.462. The molecule has 3 rings (SSSR count). The third kappa shape index (κ3) is 4.24. The molecule has 5 unspecified atom stereocenters. The highest BCUT2D eigenvalue weighted by Crippen LogP contribution is 2.34. The summed E-state index contributed by atoms with van der Waals surface area (Å²) >= 11 is 0. The molecule has 2 bridgehead atoms. The van der Waals surface area contributed by atoms with E-state index in [1.165, 1.54) is 38.5 Å². The first-order valence-corrected chi connectivity index (χ1v) is 8.39. The van der Waals surface area contributed by atoms with Gasteiger partial charge in [-0.1, -0.05) is 26.2 Å². The Balaban J connectivity index is 0.00000161. The van der Waals surface area contributed by atoms with E-state index in [1.807, 2.05) is 7.05 Å². The monoisotopic (exact) mass is 407 g/mol. The predicted molar refractivity (Wildman–Crippen MR) is 97.3 cm³/mol. The van der Waals surface area contributed by atoms with Crippen LogP contribution < -0.4 is 10.6 Å². The molecule has 1 aliphatic carbocycles. The first kappa shape index (κ1) is 17.3. The van der Waals surface area contributed by atoms with Gasteiger partial charge >= 0.3 is 0 Å². The molecule has 2 heterocycles. The Kier molecular flexibility index (Phi) is 6.59. The van der Waals surface area contributed by atoms with Crippen molar-refractivity contribution in [2.24, 2.45) is 16.8 Å². The SMILES string of the molecule is CN=C(NCC1CCCCC1C)NC1CC2CCC1O2.I. The second-order valence-electron chi connectivity index (χ2n) is 6.84. The molecule has 0 radical (unpaired) electrons. The van der Waals surface area contributed by atoms with Crippen LogP contribution in [-0.4, -0.2) is 37.8 Å². The number of hydrogen-bond donors (Lipinski definition) is 2. The van der Waals surface area contributed by atoms with Gasteiger partial charge in [0.15, 0.2) is 5.96 Å². The van der Waals surface area contributed by atoms with Crippen LogP contribution in [0.3, 0.4) is 0 Å². The van der Waals surface area contributed by atoms with Gasteiger partial charge in [0.05, 0.1) is 18.2 Å². The van der Waals surface area contributed by atoms with Crippen LogP contribution in [0.2, 0.25) is 0 Å². The molecule has 2 N–H and O–H groups in total. The zero-order valence-corrected chi connectivity index (χ0v) is 15.6. The molecular weight excluding hydrogens is 377 g/mol. The summed E-state index contributed by atoms with van der Waals surface area (Å²) in [7, 11) is 1.87. The summed E-state index contributed by atoms with van der Waals surface area (Å²) in [4.78, 5) is 4.38. The van der Waals surface area contributed by atoms with Crippen LogP contribution in [0.25, 0.3) is 0 Å². The first-order valence-electron chi connectivity index (χ1n) is 8.39. The normalized spacial score (nSPS) is 39.0. The number of nitrogens with one attached hydrogen (secondary N) is 2. The first-order chi connectivity index (χ1) is 9.76. The standard InChI is InChI=1S/C16H29N3O.HI/c1-11-5-3-4-6-12(11)10-18-16(17-2)19-14-9-13-7-8-15(14)20-13;/h11-15H,3-10H2,1-2H3,(H2,17,18,19);1H. The summed E-state index contributed by atoms with van der Waals surface area (Å²) in [5.74, 6) is 2.61. The van der Waals surface area contributed by atoms with Gasteiger partial charge in [0.2, 0.25) is 0 Å². The van der Waals surface area contributed by atoms with Crippen molar-refractivity contribution in [1.29, 1.82) is 0 Å². The molecule has 21 heavy (non-hydrogen) atoms. The molecule has 0 amide bonds. The molecule has 5 atom stereocenters. The van der Waals surface area contributed by atoms with E-state index in [9.17, 15) is 0 Å². The molecular formula is C16H30IN3O. The van der Waals surface area contributed by atoms with Gasteiger partial charge in [-0.25, -0.2) is 0 Å². The van der Waals surface area contributed by atoms with Gasteiger partial charge in [-0.05, 0) is 37.5 Å². The van der Waals surface area contributed by atoms with E-state index in [0.717, 1.165) is 30.8 Å². The Labute approximate surface area is 145 Å². The van der Waals surface area contributed by atoms with Gasteiger partial charge in [0.25, 0.3) is 0 Å². The summed E-state index contributed by atoms with van der Waals surface area (Å²) in [5.41, 5.74) is 0. The fourth-order valence-corrected chi connectivity index (χ4v) is 4.08. The van der Waals surface area contributed by atoms with Crippen molar-refractivity contribution in [1.82, 2.24) is 10.6 Å². The van der Waals surface area contributed by atoms with E-state index in [0.29, 0.717) is 18.2 Å². The third-order valence-electron chi connectivity index (χ3n) is 5.47. The van der Waals surface area contributed by atoms with Gasteiger partial charge in [0, 0.05) is 13.6 Å². The second kappa shape index (κ2) is 7.99. The highest BCUT2D eigenvalue weighted by atomic mass is 127. The largest absolute Gasteiger partial charge is 0.373 e. The van der Waals surface area contributed by atoms with Gasteiger partial charge in [-0.3, -0.25) is 4.99 Å². The lowest BCUT2D eigenvalue weighted by atomic mass is 9.80. The number of hydrogen-bond acceptors (Lipinski definition) is 2. The van der Waals surface area contributed by atoms with Crippen LogP contribution in [0, 0.1) is 11.8 Å². The molecule has 0 aromatic carbocycles. The summed E-state index contributed by atoms with van der Waals surface area (Å²) in [6.45, 7) is 3.45. The fourth-order valence-electron chi connectivity index (χ4n) is 4.08. The maximum Gasteiger partial charge on any atom is 0.191 e. The number of aliphatic imine (C=N–C) groups is 1. The van der Waals surface area contributed by atoms with E-state index >= 15 is 0 Å². The smallest absolute Gasteiger partial charge is 0.191 e. The molecule has 0 aromatic rings. The maximum atomic E-state index is 5.90. The molecule has 2 aliphatic heterocycles. The van der Waals surface area contributed by atoms with Crippen LogP contribution in [0.1, 0.15) is 51.9 Å². The van der Waals surface area contributed by atoms with E-state index in [-0.39, 0.29) is 24.0 Å². The van der Waals surface area contributed by atoms with Crippen molar-refractivity contribution in [2.75, 3.05) is 13.6 Å². The zero-order valence-electron chi connectivity index (χ0n) is 13.3. The van der Waals surface area contributed by atoms with Gasteiger partial charge in [-0.15, -0.1) is 24.0 Å². The summed E-state index contributed by atoms with van der Waals surface area (Å²) < 4.78 is 5.90. The Bertz CT molecular complexity index is 363. The molecule has 5 heteroatoms. The molecule has 4 nitrogen and oxygen atoms in total. The number of ether oxygens (including phenoxy) is 1. The van der Waals surface area contributed by atoms with E-state index < -0.39 is 0 Å². The lowest BCUT2D eigenvalue weighted by molar-refractivity contribution is 0.0992. The average Bonchev–Trinajstić information content (AvgIpc) is 3.07. The summed E-state index contributed by atoms with van der Waals surface area (Å²) in [6.07, 6.45) is 10.1. The molecule has 1 saturated carbocycles. The van der Waals surface area contributed by atoms with E-state index in [4.69, 9.17) is 4.74 Å². The minimum Gasteiger partial charge on any atom is -0.373 e. The number of rotatable bonds is 3. The maximum absolute atomic E-state index is 5.90. The van der Waals surface area contributed by atoms with Gasteiger partial charge in [0.1, 0.15) is 0 Å². The van der Waals surface area contributed by atoms with Crippen molar-refractivity contribution in [3.63, 3.8) is 0 Å². The second-order valence-corrected chi connectivity index (χ2v) is 6.84. The Morgan fingerprint density at radius 1 is 1.19 bits per heavy atom. The Morgan fingerprint density at radius 3 is 2.62 bits per heavy atom. The number of nitrogens with zero attached hydrogens (tertiary/aromatic N) is 1. The van der Waals surface area contributed by atoms with Gasteiger partial charge in [-0.2, -0.15) is 0 Å². The quantitative estimate of drug-likeness (QED) is 0.430. The zero-order chi connectivity index (χ0) is 13.9. The molecule has 2 saturated heterocycles. The highest BCUT2D eigenvalue weighted by molar-refractivity contribution is 14.0. The van der Waals surface area contributed by atoms with Crippen molar-refractivity contribution < 1.29 is 4.74 Å². The average molecular weight is 407 g/mol. The molecule has 3 fully saturated rings. The Morgan fingerprint density at radius 2 is 2.00 bits per heavy atom. The molecule has 122 valence electrons. The van der Waals surface area contributed by atoms with E-state index in [1.54, 1.807) is 0 Å². The minimum absolute atomic E-state index is 0. The number of guanidine groups is 1. The van der Waals surface area contributed by atoms with Crippen molar-refractivity contribution >= 4 is 29.9 Å². The van der Waals surface area contributed by atoms with Crippen LogP contribution in [-0.2, 0) is 4.74 Å². The van der Waals surface area contributed by atoms with Crippen LogP contribution in [0.5, 0.6) is 0 Å². The van der Waals surface area contributed by atoms with Crippen LogP contribution >= 0.6 is 24.0 Å². The van der Waals surface area contributed by atoms with E-state index in [2.05, 4.69) is 22.5 Å². The fraction of sp³-hybridized carbons (Fsp3) is 0.938. The van der Waals surface area contributed by atoms with Crippen molar-refractivity contribution in [3.05, 3.63) is 0 Å². The lowest BCUT2D eigenvalue weighted by Crippen LogP contribution is -2.48. The lowest BCUT2D eigenvalue weighted by Gasteiger charge is -2.30. The highest BCUT2D eigenvalue weighted by Gasteiger charge is 2.41. The van der Waals surface area contributed by atoms with Crippen molar-refractivity contribution in [3.8, 4) is 0 Å². The Hall–Kier alpha value is -0.0400.